The summed E-state index contributed by atoms with van der Waals surface area (Å²) in [6, 6.07) is 22.9. The van der Waals surface area contributed by atoms with E-state index in [4.69, 9.17) is 4.74 Å². The van der Waals surface area contributed by atoms with E-state index in [2.05, 4.69) is 28.4 Å². The van der Waals surface area contributed by atoms with Gasteiger partial charge >= 0.3 is 6.03 Å². The van der Waals surface area contributed by atoms with Crippen LogP contribution in [0.1, 0.15) is 23.6 Å². The third kappa shape index (κ3) is 4.07. The number of carbonyl (C=O) groups is 1. The van der Waals surface area contributed by atoms with Crippen LogP contribution in [0.2, 0.25) is 0 Å². The number of hydrogen-bond donors (Lipinski definition) is 2. The first kappa shape index (κ1) is 22.8. The zero-order valence-electron chi connectivity index (χ0n) is 19.8. The summed E-state index contributed by atoms with van der Waals surface area (Å²) in [5.74, 6) is 0.783. The lowest BCUT2D eigenvalue weighted by molar-refractivity contribution is 0.168. The molecular formula is C28H28N4O3. The maximum atomic E-state index is 13.5. The topological polar surface area (TPSA) is 88.8 Å². The van der Waals surface area contributed by atoms with Crippen molar-refractivity contribution in [2.75, 3.05) is 37.5 Å². The van der Waals surface area contributed by atoms with Gasteiger partial charge in [-0.15, -0.1) is 0 Å². The molecule has 0 bridgehead atoms. The predicted molar refractivity (Wildman–Crippen MR) is 135 cm³/mol. The van der Waals surface area contributed by atoms with Gasteiger partial charge in [-0.3, -0.25) is 0 Å². The number of likely N-dealkylation sites (N-methyl/N-ethyl adjacent to an activating group) is 1. The number of rotatable bonds is 4. The first-order valence-corrected chi connectivity index (χ1v) is 11.7. The SMILES string of the molecule is COc1cccc(NC(=O)N2CC[C@@H]3[C@H]2c2cc(-c4cccc(C#N)c4)ccc2N(C)[C@@H]3CO)c1. The molecule has 3 atom stereocenters. The minimum absolute atomic E-state index is 0.0222. The number of carbonyl (C=O) groups excluding carboxylic acids is 1. The van der Waals surface area contributed by atoms with E-state index in [-0.39, 0.29) is 30.6 Å². The number of hydrogen-bond acceptors (Lipinski definition) is 5. The Morgan fingerprint density at radius 2 is 1.94 bits per heavy atom. The van der Waals surface area contributed by atoms with Gasteiger partial charge in [-0.2, -0.15) is 5.26 Å². The van der Waals surface area contributed by atoms with Crippen LogP contribution in [0.5, 0.6) is 5.75 Å². The highest BCUT2D eigenvalue weighted by Crippen LogP contribution is 2.49. The standard InChI is InChI=1S/C28H28N4O3/c1-31-25-10-9-20(19-6-3-5-18(13-19)16-29)14-24(25)27-23(26(31)17-33)11-12-32(27)28(34)30-21-7-4-8-22(15-21)35-2/h3-10,13-15,23,26-27,33H,11-12,17H2,1-2H3,(H,30,34)/t23-,26+,27-/m0/s1. The van der Waals surface area contributed by atoms with Crippen LogP contribution in [0.15, 0.2) is 66.7 Å². The summed E-state index contributed by atoms with van der Waals surface area (Å²) in [7, 11) is 3.60. The highest BCUT2D eigenvalue weighted by atomic mass is 16.5. The Labute approximate surface area is 205 Å². The number of nitrogens with one attached hydrogen (secondary N) is 1. The van der Waals surface area contributed by atoms with Crippen molar-refractivity contribution in [1.82, 2.24) is 4.90 Å². The van der Waals surface area contributed by atoms with E-state index >= 15 is 0 Å². The molecule has 3 aromatic rings. The zero-order valence-corrected chi connectivity index (χ0v) is 19.8. The fraction of sp³-hybridized carbons (Fsp3) is 0.286. The minimum Gasteiger partial charge on any atom is -0.497 e. The van der Waals surface area contributed by atoms with E-state index in [1.807, 2.05) is 54.4 Å². The molecular weight excluding hydrogens is 440 g/mol. The Morgan fingerprint density at radius 1 is 1.14 bits per heavy atom. The van der Waals surface area contributed by atoms with Crippen molar-refractivity contribution in [2.24, 2.45) is 5.92 Å². The average molecular weight is 469 g/mol. The van der Waals surface area contributed by atoms with E-state index in [9.17, 15) is 15.2 Å². The zero-order chi connectivity index (χ0) is 24.5. The van der Waals surface area contributed by atoms with Gasteiger partial charge in [0.2, 0.25) is 0 Å². The summed E-state index contributed by atoms with van der Waals surface area (Å²) < 4.78 is 5.29. The van der Waals surface area contributed by atoms with Gasteiger partial charge in [-0.1, -0.05) is 24.3 Å². The third-order valence-electron chi connectivity index (χ3n) is 7.26. The van der Waals surface area contributed by atoms with Crippen molar-refractivity contribution >= 4 is 17.4 Å². The van der Waals surface area contributed by atoms with Crippen molar-refractivity contribution in [3.63, 3.8) is 0 Å². The van der Waals surface area contributed by atoms with Crippen LogP contribution in [-0.4, -0.2) is 49.4 Å². The summed E-state index contributed by atoms with van der Waals surface area (Å²) in [6.45, 7) is 0.622. The molecule has 7 nitrogen and oxygen atoms in total. The highest BCUT2D eigenvalue weighted by Gasteiger charge is 2.47. The highest BCUT2D eigenvalue weighted by molar-refractivity contribution is 5.90. The number of urea groups is 1. The second kappa shape index (κ2) is 9.32. The summed E-state index contributed by atoms with van der Waals surface area (Å²) in [6.07, 6.45) is 0.805. The quantitative estimate of drug-likeness (QED) is 0.582. The predicted octanol–water partition coefficient (Wildman–Crippen LogP) is 4.64. The van der Waals surface area contributed by atoms with Crippen LogP contribution >= 0.6 is 0 Å². The van der Waals surface area contributed by atoms with E-state index in [1.165, 1.54) is 0 Å². The molecule has 0 spiro atoms. The Bertz CT molecular complexity index is 1300. The molecule has 5 rings (SSSR count). The van der Waals surface area contributed by atoms with Crippen LogP contribution in [0, 0.1) is 17.2 Å². The lowest BCUT2D eigenvalue weighted by atomic mass is 9.81. The monoisotopic (exact) mass is 468 g/mol. The van der Waals surface area contributed by atoms with E-state index in [0.717, 1.165) is 28.8 Å². The molecule has 2 aliphatic heterocycles. The summed E-state index contributed by atoms with van der Waals surface area (Å²) >= 11 is 0. The lowest BCUT2D eigenvalue weighted by Gasteiger charge is -2.44. The molecule has 2 N–H and O–H groups in total. The molecule has 0 radical (unpaired) electrons. The Morgan fingerprint density at radius 3 is 2.71 bits per heavy atom. The fourth-order valence-electron chi connectivity index (χ4n) is 5.53. The van der Waals surface area contributed by atoms with Gasteiger partial charge in [0, 0.05) is 37.0 Å². The number of likely N-dealkylation sites (tertiary alicyclic amines) is 1. The molecule has 2 amide bonds. The number of fused-ring (bicyclic) bond motifs is 3. The molecule has 0 saturated carbocycles. The molecule has 178 valence electrons. The van der Waals surface area contributed by atoms with E-state index < -0.39 is 0 Å². The van der Waals surface area contributed by atoms with Gasteiger partial charge in [0.1, 0.15) is 5.75 Å². The third-order valence-corrected chi connectivity index (χ3v) is 7.26. The smallest absolute Gasteiger partial charge is 0.322 e. The summed E-state index contributed by atoms with van der Waals surface area (Å²) in [5.41, 5.74) is 5.30. The van der Waals surface area contributed by atoms with Crippen LogP contribution in [0.4, 0.5) is 16.2 Å². The molecule has 2 heterocycles. The van der Waals surface area contributed by atoms with Gasteiger partial charge in [-0.05, 0) is 59.5 Å². The first-order valence-electron chi connectivity index (χ1n) is 11.7. The summed E-state index contributed by atoms with van der Waals surface area (Å²) in [4.78, 5) is 17.5. The Balaban J connectivity index is 1.53. The first-order chi connectivity index (χ1) is 17.0. The maximum Gasteiger partial charge on any atom is 0.322 e. The molecule has 35 heavy (non-hydrogen) atoms. The van der Waals surface area contributed by atoms with Crippen LogP contribution in [0.25, 0.3) is 11.1 Å². The number of aliphatic hydroxyl groups is 1. The molecule has 0 unspecified atom stereocenters. The Kier molecular flexibility index (Phi) is 6.06. The number of aliphatic hydroxyl groups excluding tert-OH is 1. The van der Waals surface area contributed by atoms with Gasteiger partial charge in [-0.25, -0.2) is 4.79 Å². The van der Waals surface area contributed by atoms with Gasteiger partial charge in [0.05, 0.1) is 37.4 Å². The lowest BCUT2D eigenvalue weighted by Crippen LogP contribution is -2.48. The normalized spacial score (nSPS) is 20.6. The maximum absolute atomic E-state index is 13.5. The van der Waals surface area contributed by atoms with Gasteiger partial charge in [0.25, 0.3) is 0 Å². The molecule has 1 fully saturated rings. The van der Waals surface area contributed by atoms with Crippen molar-refractivity contribution in [3.05, 3.63) is 77.9 Å². The van der Waals surface area contributed by atoms with Crippen LogP contribution < -0.4 is 15.0 Å². The number of amides is 2. The van der Waals surface area contributed by atoms with Crippen molar-refractivity contribution < 1.29 is 14.6 Å². The molecule has 0 aliphatic carbocycles. The second-order valence-corrected chi connectivity index (χ2v) is 9.08. The largest absolute Gasteiger partial charge is 0.497 e. The van der Waals surface area contributed by atoms with Crippen molar-refractivity contribution in [2.45, 2.75) is 18.5 Å². The average Bonchev–Trinajstić information content (AvgIpc) is 3.34. The fourth-order valence-corrected chi connectivity index (χ4v) is 5.53. The molecule has 1 saturated heterocycles. The van der Waals surface area contributed by atoms with Crippen LogP contribution in [0.3, 0.4) is 0 Å². The number of benzene rings is 3. The molecule has 2 aliphatic rings. The number of anilines is 2. The second-order valence-electron chi connectivity index (χ2n) is 9.08. The minimum atomic E-state index is -0.171. The van der Waals surface area contributed by atoms with E-state index in [0.29, 0.717) is 23.5 Å². The number of methoxy groups -OCH3 is 1. The van der Waals surface area contributed by atoms with Crippen LogP contribution in [-0.2, 0) is 0 Å². The number of ether oxygens (including phenoxy) is 1. The van der Waals surface area contributed by atoms with Gasteiger partial charge < -0.3 is 25.0 Å². The molecule has 0 aromatic heterocycles. The molecule has 3 aromatic carbocycles. The number of nitrogens with zero attached hydrogens (tertiary/aromatic N) is 3. The van der Waals surface area contributed by atoms with Gasteiger partial charge in [0.15, 0.2) is 0 Å². The van der Waals surface area contributed by atoms with Crippen molar-refractivity contribution in [3.8, 4) is 22.9 Å². The summed E-state index contributed by atoms with van der Waals surface area (Å²) in [5, 5.41) is 22.6. The Hall–Kier alpha value is -4.02. The van der Waals surface area contributed by atoms with Crippen molar-refractivity contribution in [1.29, 1.82) is 5.26 Å². The number of nitriles is 1. The van der Waals surface area contributed by atoms with E-state index in [1.54, 1.807) is 19.2 Å². The molecule has 7 heteroatoms.